The Kier molecular flexibility index (Phi) is 5.02. The molecule has 0 bridgehead atoms. The van der Waals surface area contributed by atoms with E-state index in [1.165, 1.54) is 0 Å². The number of nitrogen functional groups attached to an aromatic ring is 1. The third kappa shape index (κ3) is 3.64. The van der Waals surface area contributed by atoms with E-state index in [1.807, 2.05) is 77.3 Å². The van der Waals surface area contributed by atoms with Gasteiger partial charge in [0.25, 0.3) is 0 Å². The van der Waals surface area contributed by atoms with Gasteiger partial charge in [-0.3, -0.25) is 0 Å². The van der Waals surface area contributed by atoms with Crippen LogP contribution in [-0.4, -0.2) is 45.3 Å². The summed E-state index contributed by atoms with van der Waals surface area (Å²) in [5, 5.41) is 7.71. The number of benzene rings is 2. The van der Waals surface area contributed by atoms with Crippen LogP contribution in [0.4, 0.5) is 16.3 Å². The number of para-hydroxylation sites is 1. The molecule has 0 atom stereocenters. The molecule has 2 heterocycles. The number of carbonyl (C=O) groups excluding carboxylic acids is 1. The minimum absolute atomic E-state index is 0.133. The Morgan fingerprint density at radius 1 is 1.00 bits per heavy atom. The fourth-order valence-corrected chi connectivity index (χ4v) is 3.97. The first-order chi connectivity index (χ1) is 13.2. The summed E-state index contributed by atoms with van der Waals surface area (Å²) in [6.07, 6.45) is 0. The molecular weight excluding hydrogens is 358 g/mol. The summed E-state index contributed by atoms with van der Waals surface area (Å²) in [5.74, 6) is 2.33. The molecule has 0 spiro atoms. The molecule has 1 aliphatic heterocycles. The number of hydrogen-bond acceptors (Lipinski definition) is 4. The van der Waals surface area contributed by atoms with Crippen LogP contribution in [0.15, 0.2) is 60.7 Å². The number of aromatic nitrogens is 2. The van der Waals surface area contributed by atoms with Crippen LogP contribution >= 0.6 is 11.8 Å². The third-order valence-corrected chi connectivity index (χ3v) is 5.44. The van der Waals surface area contributed by atoms with Crippen LogP contribution in [0, 0.1) is 0 Å². The molecule has 6 nitrogen and oxygen atoms in total. The van der Waals surface area contributed by atoms with E-state index in [2.05, 4.69) is 5.32 Å². The second-order valence-corrected chi connectivity index (χ2v) is 7.48. The Morgan fingerprint density at radius 3 is 2.30 bits per heavy atom. The van der Waals surface area contributed by atoms with Crippen LogP contribution < -0.4 is 11.1 Å². The zero-order valence-corrected chi connectivity index (χ0v) is 15.7. The summed E-state index contributed by atoms with van der Waals surface area (Å²) >= 11 is 1.86. The molecule has 2 aromatic carbocycles. The number of rotatable bonds is 3. The number of nitrogens with one attached hydrogen (secondary N) is 1. The van der Waals surface area contributed by atoms with Crippen LogP contribution in [0.25, 0.3) is 16.9 Å². The Bertz CT molecular complexity index is 920. The van der Waals surface area contributed by atoms with Gasteiger partial charge >= 0.3 is 6.03 Å². The maximum atomic E-state index is 12.8. The molecule has 0 saturated carbocycles. The van der Waals surface area contributed by atoms with Gasteiger partial charge in [-0.25, -0.2) is 9.48 Å². The maximum absolute atomic E-state index is 12.8. The van der Waals surface area contributed by atoms with E-state index in [9.17, 15) is 4.79 Å². The van der Waals surface area contributed by atoms with Crippen molar-refractivity contribution in [2.24, 2.45) is 0 Å². The van der Waals surface area contributed by atoms with E-state index in [0.29, 0.717) is 17.2 Å². The van der Waals surface area contributed by atoms with E-state index in [4.69, 9.17) is 10.8 Å². The predicted molar refractivity (Wildman–Crippen MR) is 111 cm³/mol. The standard InChI is InChI=1S/C20H21N5OS/c21-19-18(22-20(26)24-11-13-27-14-12-24)17(15-7-3-1-4-8-15)23-25(19)16-9-5-2-6-10-16/h1-10H,11-14,21H2,(H,22,26). The fourth-order valence-electron chi connectivity index (χ4n) is 3.07. The van der Waals surface area contributed by atoms with E-state index in [-0.39, 0.29) is 6.03 Å². The first-order valence-corrected chi connectivity index (χ1v) is 10.0. The minimum atomic E-state index is -0.133. The van der Waals surface area contributed by atoms with Crippen molar-refractivity contribution in [1.82, 2.24) is 14.7 Å². The van der Waals surface area contributed by atoms with Crippen LogP contribution in [0.2, 0.25) is 0 Å². The lowest BCUT2D eigenvalue weighted by Crippen LogP contribution is -2.40. The van der Waals surface area contributed by atoms with E-state index in [0.717, 1.165) is 35.8 Å². The van der Waals surface area contributed by atoms with Crippen molar-refractivity contribution in [1.29, 1.82) is 0 Å². The lowest BCUT2D eigenvalue weighted by atomic mass is 10.1. The van der Waals surface area contributed by atoms with Crippen LogP contribution in [0.1, 0.15) is 0 Å². The summed E-state index contributed by atoms with van der Waals surface area (Å²) in [5.41, 5.74) is 9.38. The monoisotopic (exact) mass is 379 g/mol. The molecule has 0 aliphatic carbocycles. The summed E-state index contributed by atoms with van der Waals surface area (Å²) in [6.45, 7) is 1.48. The Morgan fingerprint density at radius 2 is 1.63 bits per heavy atom. The topological polar surface area (TPSA) is 76.2 Å². The van der Waals surface area contributed by atoms with E-state index >= 15 is 0 Å². The highest BCUT2D eigenvalue weighted by molar-refractivity contribution is 7.99. The van der Waals surface area contributed by atoms with Crippen molar-refractivity contribution < 1.29 is 4.79 Å². The molecule has 138 valence electrons. The van der Waals surface area contributed by atoms with Gasteiger partial charge in [0.05, 0.1) is 5.69 Å². The third-order valence-electron chi connectivity index (χ3n) is 4.50. The number of urea groups is 1. The fraction of sp³-hybridized carbons (Fsp3) is 0.200. The largest absolute Gasteiger partial charge is 0.382 e. The van der Waals surface area contributed by atoms with Gasteiger partial charge in [0, 0.05) is 30.2 Å². The molecule has 27 heavy (non-hydrogen) atoms. The number of hydrogen-bond donors (Lipinski definition) is 2. The molecule has 0 radical (unpaired) electrons. The molecule has 4 rings (SSSR count). The van der Waals surface area contributed by atoms with E-state index in [1.54, 1.807) is 4.68 Å². The lowest BCUT2D eigenvalue weighted by Gasteiger charge is -2.26. The SMILES string of the molecule is Nc1c(NC(=O)N2CCSCC2)c(-c2ccccc2)nn1-c1ccccc1. The molecule has 3 aromatic rings. The second-order valence-electron chi connectivity index (χ2n) is 6.25. The minimum Gasteiger partial charge on any atom is -0.382 e. The number of amides is 2. The summed E-state index contributed by atoms with van der Waals surface area (Å²) in [7, 11) is 0. The van der Waals surface area contributed by atoms with Crippen LogP contribution in [-0.2, 0) is 0 Å². The molecule has 1 aromatic heterocycles. The van der Waals surface area contributed by atoms with Crippen molar-refractivity contribution in [3.05, 3.63) is 60.7 Å². The van der Waals surface area contributed by atoms with Crippen molar-refractivity contribution in [2.75, 3.05) is 35.6 Å². The zero-order valence-electron chi connectivity index (χ0n) is 14.8. The van der Waals surface area contributed by atoms with Gasteiger partial charge in [-0.1, -0.05) is 48.5 Å². The lowest BCUT2D eigenvalue weighted by molar-refractivity contribution is 0.217. The van der Waals surface area contributed by atoms with Gasteiger partial charge in [0.15, 0.2) is 5.82 Å². The van der Waals surface area contributed by atoms with E-state index < -0.39 is 0 Å². The molecule has 7 heteroatoms. The Balaban J connectivity index is 1.74. The zero-order chi connectivity index (χ0) is 18.6. The maximum Gasteiger partial charge on any atom is 0.322 e. The summed E-state index contributed by atoms with van der Waals surface area (Å²) in [4.78, 5) is 14.6. The highest BCUT2D eigenvalue weighted by atomic mass is 32.2. The molecule has 1 saturated heterocycles. The van der Waals surface area contributed by atoms with Gasteiger partial charge in [0.2, 0.25) is 0 Å². The quantitative estimate of drug-likeness (QED) is 0.727. The van der Waals surface area contributed by atoms with Gasteiger partial charge < -0.3 is 16.0 Å². The highest BCUT2D eigenvalue weighted by Gasteiger charge is 2.23. The molecule has 1 aliphatic rings. The first kappa shape index (κ1) is 17.5. The number of thioether (sulfide) groups is 1. The molecule has 1 fully saturated rings. The molecular formula is C20H21N5OS. The van der Waals surface area contributed by atoms with Crippen LogP contribution in [0.3, 0.4) is 0 Å². The van der Waals surface area contributed by atoms with Crippen LogP contribution in [0.5, 0.6) is 0 Å². The van der Waals surface area contributed by atoms with Crippen molar-refractivity contribution in [3.8, 4) is 16.9 Å². The number of nitrogens with two attached hydrogens (primary N) is 1. The van der Waals surface area contributed by atoms with Gasteiger partial charge in [-0.2, -0.15) is 16.9 Å². The number of anilines is 2. The van der Waals surface area contributed by atoms with Gasteiger partial charge in [-0.05, 0) is 12.1 Å². The number of nitrogens with zero attached hydrogens (tertiary/aromatic N) is 3. The number of carbonyl (C=O) groups is 1. The van der Waals surface area contributed by atoms with Crippen molar-refractivity contribution >= 4 is 29.3 Å². The average molecular weight is 379 g/mol. The smallest absolute Gasteiger partial charge is 0.322 e. The van der Waals surface area contributed by atoms with Crippen molar-refractivity contribution in [3.63, 3.8) is 0 Å². The Hall–Kier alpha value is -2.93. The summed E-state index contributed by atoms with van der Waals surface area (Å²) in [6, 6.07) is 19.3. The van der Waals surface area contributed by atoms with Crippen molar-refractivity contribution in [2.45, 2.75) is 0 Å². The second kappa shape index (κ2) is 7.75. The first-order valence-electron chi connectivity index (χ1n) is 8.87. The predicted octanol–water partition coefficient (Wildman–Crippen LogP) is 3.70. The molecule has 0 unspecified atom stereocenters. The van der Waals surface area contributed by atoms with Gasteiger partial charge in [-0.15, -0.1) is 0 Å². The normalized spacial score (nSPS) is 14.1. The van der Waals surface area contributed by atoms with Gasteiger partial charge in [0.1, 0.15) is 11.4 Å². The highest BCUT2D eigenvalue weighted by Crippen LogP contribution is 2.34. The molecule has 3 N–H and O–H groups in total. The Labute approximate surface area is 162 Å². The summed E-state index contributed by atoms with van der Waals surface area (Å²) < 4.78 is 1.67. The molecule has 2 amide bonds. The average Bonchev–Trinajstić information content (AvgIpc) is 3.06.